The van der Waals surface area contributed by atoms with E-state index in [1.165, 1.54) is 4.90 Å². The monoisotopic (exact) mass is 295 g/mol. The Hall–Kier alpha value is -2.08. The number of carbonyl (C=O) groups is 3. The largest absolute Gasteiger partial charge is 0.342 e. The highest BCUT2D eigenvalue weighted by Crippen LogP contribution is 2.15. The number of piperazine rings is 1. The van der Waals surface area contributed by atoms with Crippen molar-refractivity contribution in [1.29, 1.82) is 0 Å². The van der Waals surface area contributed by atoms with Gasteiger partial charge in [-0.1, -0.05) is 17.7 Å². The molecule has 1 aliphatic rings. The van der Waals surface area contributed by atoms with Crippen molar-refractivity contribution in [3.63, 3.8) is 0 Å². The topological polar surface area (TPSA) is 69.7 Å². The number of anilines is 1. The predicted octanol–water partition coefficient (Wildman–Crippen LogP) is 0.579. The van der Waals surface area contributed by atoms with Crippen molar-refractivity contribution >= 4 is 35.5 Å². The number of rotatable bonds is 2. The van der Waals surface area contributed by atoms with Crippen molar-refractivity contribution in [3.8, 4) is 0 Å². The quantitative estimate of drug-likeness (QED) is 0.641. The van der Waals surface area contributed by atoms with E-state index >= 15 is 0 Å². The average Bonchev–Trinajstić information content (AvgIpc) is 2.46. The second-order valence-electron chi connectivity index (χ2n) is 4.40. The molecule has 0 aromatic heterocycles. The summed E-state index contributed by atoms with van der Waals surface area (Å²) in [6.07, 6.45) is 0.744. The lowest BCUT2D eigenvalue weighted by Gasteiger charge is -2.31. The fourth-order valence-corrected chi connectivity index (χ4v) is 2.12. The number of nitrogens with one attached hydrogen (secondary N) is 1. The Kier molecular flexibility index (Phi) is 4.57. The van der Waals surface area contributed by atoms with E-state index in [-0.39, 0.29) is 0 Å². The minimum absolute atomic E-state index is 0.362. The maximum absolute atomic E-state index is 12.0. The van der Waals surface area contributed by atoms with Gasteiger partial charge >= 0.3 is 11.8 Å². The van der Waals surface area contributed by atoms with Crippen LogP contribution in [0.25, 0.3) is 0 Å². The summed E-state index contributed by atoms with van der Waals surface area (Å²) in [5, 5.41) is 2.99. The van der Waals surface area contributed by atoms with Gasteiger partial charge in [0.25, 0.3) is 0 Å². The number of halogens is 1. The molecule has 0 spiro atoms. The first-order valence-electron chi connectivity index (χ1n) is 6.15. The standard InChI is InChI=1S/C13H14ClN3O3/c14-10-2-1-3-11(8-10)15-12(19)13(20)17-6-4-16(9-18)5-7-17/h1-3,8-9H,4-7H2,(H,15,19). The van der Waals surface area contributed by atoms with E-state index < -0.39 is 11.8 Å². The molecule has 1 aromatic rings. The van der Waals surface area contributed by atoms with Gasteiger partial charge in [0.15, 0.2) is 0 Å². The number of benzene rings is 1. The molecule has 106 valence electrons. The first kappa shape index (κ1) is 14.3. The first-order chi connectivity index (χ1) is 9.60. The smallest absolute Gasteiger partial charge is 0.313 e. The molecule has 1 fully saturated rings. The van der Waals surface area contributed by atoms with Crippen LogP contribution in [0.15, 0.2) is 24.3 Å². The highest BCUT2D eigenvalue weighted by Gasteiger charge is 2.25. The Morgan fingerprint density at radius 1 is 1.20 bits per heavy atom. The highest BCUT2D eigenvalue weighted by atomic mass is 35.5. The minimum atomic E-state index is -0.702. The zero-order valence-corrected chi connectivity index (χ0v) is 11.5. The summed E-state index contributed by atoms with van der Waals surface area (Å²) in [6, 6.07) is 6.58. The van der Waals surface area contributed by atoms with Gasteiger partial charge in [-0.2, -0.15) is 0 Å². The molecule has 0 radical (unpaired) electrons. The maximum Gasteiger partial charge on any atom is 0.313 e. The summed E-state index contributed by atoms with van der Waals surface area (Å²) in [5.41, 5.74) is 0.474. The zero-order chi connectivity index (χ0) is 14.5. The van der Waals surface area contributed by atoms with Gasteiger partial charge in [0.1, 0.15) is 0 Å². The van der Waals surface area contributed by atoms with Gasteiger partial charge in [-0.25, -0.2) is 0 Å². The molecule has 20 heavy (non-hydrogen) atoms. The second-order valence-corrected chi connectivity index (χ2v) is 4.83. The van der Waals surface area contributed by atoms with E-state index in [2.05, 4.69) is 5.32 Å². The number of amides is 3. The fourth-order valence-electron chi connectivity index (χ4n) is 1.92. The third-order valence-corrected chi connectivity index (χ3v) is 3.26. The molecule has 6 nitrogen and oxygen atoms in total. The molecule has 0 unspecified atom stereocenters. The van der Waals surface area contributed by atoms with E-state index in [9.17, 15) is 14.4 Å². The molecule has 1 N–H and O–H groups in total. The van der Waals surface area contributed by atoms with Crippen LogP contribution in [0, 0.1) is 0 Å². The molecule has 0 atom stereocenters. The third kappa shape index (κ3) is 3.48. The summed E-state index contributed by atoms with van der Waals surface area (Å²) in [5.74, 6) is -1.30. The van der Waals surface area contributed by atoms with Crippen molar-refractivity contribution in [2.75, 3.05) is 31.5 Å². The van der Waals surface area contributed by atoms with Crippen LogP contribution in [0.5, 0.6) is 0 Å². The first-order valence-corrected chi connectivity index (χ1v) is 6.53. The number of hydrogen-bond acceptors (Lipinski definition) is 3. The van der Waals surface area contributed by atoms with Gasteiger partial charge in [-0.15, -0.1) is 0 Å². The summed E-state index contributed by atoms with van der Waals surface area (Å²) in [7, 11) is 0. The van der Waals surface area contributed by atoms with Crippen molar-refractivity contribution in [2.45, 2.75) is 0 Å². The predicted molar refractivity (Wildman–Crippen MR) is 74.3 cm³/mol. The van der Waals surface area contributed by atoms with Gasteiger partial charge in [0.2, 0.25) is 6.41 Å². The van der Waals surface area contributed by atoms with Crippen LogP contribution < -0.4 is 5.32 Å². The summed E-state index contributed by atoms with van der Waals surface area (Å²) in [4.78, 5) is 37.4. The Labute approximate surface area is 121 Å². The summed E-state index contributed by atoms with van der Waals surface area (Å²) >= 11 is 5.80. The summed E-state index contributed by atoms with van der Waals surface area (Å²) < 4.78 is 0. The van der Waals surface area contributed by atoms with E-state index in [1.54, 1.807) is 29.2 Å². The van der Waals surface area contributed by atoms with Crippen LogP contribution in [0.4, 0.5) is 5.69 Å². The average molecular weight is 296 g/mol. The van der Waals surface area contributed by atoms with Crippen molar-refractivity contribution in [2.24, 2.45) is 0 Å². The third-order valence-electron chi connectivity index (χ3n) is 3.03. The molecule has 3 amide bonds. The normalized spacial score (nSPS) is 14.8. The molecule has 2 rings (SSSR count). The van der Waals surface area contributed by atoms with Crippen LogP contribution in [0.2, 0.25) is 5.02 Å². The molecule has 1 heterocycles. The van der Waals surface area contributed by atoms with Gasteiger partial charge in [-0.3, -0.25) is 14.4 Å². The van der Waals surface area contributed by atoms with Crippen molar-refractivity contribution in [3.05, 3.63) is 29.3 Å². The molecule has 1 aromatic carbocycles. The SMILES string of the molecule is O=CN1CCN(C(=O)C(=O)Nc2cccc(Cl)c2)CC1. The maximum atomic E-state index is 12.0. The molecular formula is C13H14ClN3O3. The lowest BCUT2D eigenvalue weighted by atomic mass is 10.3. The summed E-state index contributed by atoms with van der Waals surface area (Å²) in [6.45, 7) is 1.61. The molecule has 1 aliphatic heterocycles. The Morgan fingerprint density at radius 3 is 2.50 bits per heavy atom. The minimum Gasteiger partial charge on any atom is -0.342 e. The highest BCUT2D eigenvalue weighted by molar-refractivity contribution is 6.39. The molecule has 0 bridgehead atoms. The molecule has 0 saturated carbocycles. The van der Waals surface area contributed by atoms with Crippen LogP contribution in [0.3, 0.4) is 0 Å². The van der Waals surface area contributed by atoms with E-state index in [1.807, 2.05) is 0 Å². The molecule has 1 saturated heterocycles. The Morgan fingerprint density at radius 2 is 1.90 bits per heavy atom. The van der Waals surface area contributed by atoms with Crippen LogP contribution in [-0.4, -0.2) is 54.2 Å². The molecule has 0 aliphatic carbocycles. The van der Waals surface area contributed by atoms with Crippen LogP contribution in [0.1, 0.15) is 0 Å². The number of hydrogen-bond donors (Lipinski definition) is 1. The fraction of sp³-hybridized carbons (Fsp3) is 0.308. The number of nitrogens with zero attached hydrogens (tertiary/aromatic N) is 2. The van der Waals surface area contributed by atoms with Gasteiger partial charge in [-0.05, 0) is 18.2 Å². The Bertz CT molecular complexity index is 527. The molecular weight excluding hydrogens is 282 g/mol. The van der Waals surface area contributed by atoms with E-state index in [4.69, 9.17) is 11.6 Å². The Balaban J connectivity index is 1.92. The van der Waals surface area contributed by atoms with Gasteiger partial charge in [0, 0.05) is 36.9 Å². The lowest BCUT2D eigenvalue weighted by Crippen LogP contribution is -2.51. The van der Waals surface area contributed by atoms with E-state index in [0.29, 0.717) is 36.9 Å². The van der Waals surface area contributed by atoms with Crippen molar-refractivity contribution in [1.82, 2.24) is 9.80 Å². The lowest BCUT2D eigenvalue weighted by molar-refractivity contribution is -0.144. The van der Waals surface area contributed by atoms with E-state index in [0.717, 1.165) is 6.41 Å². The van der Waals surface area contributed by atoms with Crippen LogP contribution in [-0.2, 0) is 14.4 Å². The van der Waals surface area contributed by atoms with Gasteiger partial charge < -0.3 is 15.1 Å². The van der Waals surface area contributed by atoms with Crippen molar-refractivity contribution < 1.29 is 14.4 Å². The molecule has 7 heteroatoms. The van der Waals surface area contributed by atoms with Crippen LogP contribution >= 0.6 is 11.6 Å². The zero-order valence-electron chi connectivity index (χ0n) is 10.7. The second kappa shape index (κ2) is 6.38. The number of carbonyl (C=O) groups excluding carboxylic acids is 3. The van der Waals surface area contributed by atoms with Gasteiger partial charge in [0.05, 0.1) is 0 Å².